The molecule has 0 aliphatic heterocycles. The zero-order valence-electron chi connectivity index (χ0n) is 11.7. The van der Waals surface area contributed by atoms with Crippen LogP contribution in [-0.4, -0.2) is 35.1 Å². The second-order valence-electron chi connectivity index (χ2n) is 4.47. The predicted molar refractivity (Wildman–Crippen MR) is 69.9 cm³/mol. The highest BCUT2D eigenvalue weighted by atomic mass is 19.4. The molecule has 0 radical (unpaired) electrons. The van der Waals surface area contributed by atoms with Crippen LogP contribution in [-0.2, 0) is 4.79 Å². The summed E-state index contributed by atoms with van der Waals surface area (Å²) in [5.74, 6) is -3.58. The molecular weight excluding hydrogens is 308 g/mol. The lowest BCUT2D eigenvalue weighted by atomic mass is 9.89. The fourth-order valence-corrected chi connectivity index (χ4v) is 1.89. The molecule has 1 aromatic carbocycles. The van der Waals surface area contributed by atoms with Gasteiger partial charge in [0.05, 0.1) is 7.11 Å². The van der Waals surface area contributed by atoms with Gasteiger partial charge in [-0.2, -0.15) is 13.2 Å². The van der Waals surface area contributed by atoms with Crippen LogP contribution in [0.2, 0.25) is 0 Å². The molecule has 0 saturated carbocycles. The fraction of sp³-hybridized carbons (Fsp3) is 0.357. The summed E-state index contributed by atoms with van der Waals surface area (Å²) in [4.78, 5) is 10.9. The minimum atomic E-state index is -5.40. The molecule has 0 spiro atoms. The van der Waals surface area contributed by atoms with Crippen LogP contribution in [0.1, 0.15) is 18.9 Å². The largest absolute Gasteiger partial charge is 0.493 e. The third-order valence-corrected chi connectivity index (χ3v) is 3.13. The lowest BCUT2D eigenvalue weighted by Gasteiger charge is -2.27. The van der Waals surface area contributed by atoms with E-state index < -0.39 is 30.0 Å². The Morgan fingerprint density at radius 1 is 1.36 bits per heavy atom. The number of methoxy groups -OCH3 is 1. The van der Waals surface area contributed by atoms with Crippen LogP contribution in [0.25, 0.3) is 5.57 Å². The summed E-state index contributed by atoms with van der Waals surface area (Å²) in [7, 11) is 1.13. The Balaban J connectivity index is 3.36. The van der Waals surface area contributed by atoms with Crippen LogP contribution in [0.5, 0.6) is 5.75 Å². The summed E-state index contributed by atoms with van der Waals surface area (Å²) >= 11 is 0. The van der Waals surface area contributed by atoms with Gasteiger partial charge in [0.25, 0.3) is 5.60 Å². The number of carbonyl (C=O) groups is 1. The summed E-state index contributed by atoms with van der Waals surface area (Å²) < 4.78 is 57.0. The highest BCUT2D eigenvalue weighted by Crippen LogP contribution is 2.40. The van der Waals surface area contributed by atoms with E-state index in [0.29, 0.717) is 0 Å². The summed E-state index contributed by atoms with van der Waals surface area (Å²) in [6.45, 7) is 1.35. The number of aliphatic carboxylic acids is 1. The highest BCUT2D eigenvalue weighted by molar-refractivity contribution is 5.83. The Kier molecular flexibility index (Phi) is 5.18. The van der Waals surface area contributed by atoms with Gasteiger partial charge in [0.15, 0.2) is 11.6 Å². The molecule has 0 bridgehead atoms. The van der Waals surface area contributed by atoms with Gasteiger partial charge in [0, 0.05) is 12.0 Å². The number of aliphatic hydroxyl groups is 1. The molecule has 0 saturated heterocycles. The number of carboxylic acid groups (broad SMARTS) is 1. The number of ether oxygens (including phenoxy) is 1. The third kappa shape index (κ3) is 3.22. The number of rotatable bonds is 5. The molecular formula is C14H14F4O4. The van der Waals surface area contributed by atoms with Crippen molar-refractivity contribution in [3.63, 3.8) is 0 Å². The minimum absolute atomic E-state index is 0.0612. The van der Waals surface area contributed by atoms with E-state index in [1.165, 1.54) is 19.1 Å². The van der Waals surface area contributed by atoms with Crippen molar-refractivity contribution in [2.45, 2.75) is 25.1 Å². The quantitative estimate of drug-likeness (QED) is 0.818. The van der Waals surface area contributed by atoms with Crippen molar-refractivity contribution >= 4 is 11.5 Å². The van der Waals surface area contributed by atoms with Crippen LogP contribution < -0.4 is 4.74 Å². The molecule has 4 nitrogen and oxygen atoms in total. The van der Waals surface area contributed by atoms with Crippen molar-refractivity contribution in [3.8, 4) is 5.75 Å². The Morgan fingerprint density at radius 2 is 1.95 bits per heavy atom. The lowest BCUT2D eigenvalue weighted by molar-refractivity contribution is -0.258. The molecule has 0 aliphatic rings. The lowest BCUT2D eigenvalue weighted by Crippen LogP contribution is -2.52. The smallest absolute Gasteiger partial charge is 0.428 e. The van der Waals surface area contributed by atoms with E-state index in [4.69, 9.17) is 9.84 Å². The van der Waals surface area contributed by atoms with E-state index in [-0.39, 0.29) is 16.9 Å². The Labute approximate surface area is 123 Å². The van der Waals surface area contributed by atoms with Crippen molar-refractivity contribution in [1.82, 2.24) is 0 Å². The Hall–Kier alpha value is -2.09. The van der Waals surface area contributed by atoms with Gasteiger partial charge in [0.1, 0.15) is 0 Å². The predicted octanol–water partition coefficient (Wildman–Crippen LogP) is 3.01. The summed E-state index contributed by atoms with van der Waals surface area (Å²) in [5.41, 5.74) is -4.25. The van der Waals surface area contributed by atoms with Crippen LogP contribution >= 0.6 is 0 Å². The van der Waals surface area contributed by atoms with Crippen molar-refractivity contribution in [1.29, 1.82) is 0 Å². The van der Waals surface area contributed by atoms with Crippen molar-refractivity contribution < 1.29 is 37.3 Å². The standard InChI is InChI=1S/C14H14F4O4/c1-3-8(7-13(21,12(19)20)14(16,17)18)9-5-4-6-10(15)11(9)22-2/h3-6,21H,7H2,1-2H3,(H,19,20)/t13-/m1/s1. The molecule has 0 heterocycles. The van der Waals surface area contributed by atoms with Gasteiger partial charge < -0.3 is 14.9 Å². The van der Waals surface area contributed by atoms with Crippen LogP contribution in [0.4, 0.5) is 17.6 Å². The van der Waals surface area contributed by atoms with Gasteiger partial charge in [-0.1, -0.05) is 18.2 Å². The Morgan fingerprint density at radius 3 is 2.36 bits per heavy atom. The topological polar surface area (TPSA) is 66.8 Å². The minimum Gasteiger partial charge on any atom is -0.493 e. The SMILES string of the molecule is CC=C(C[C@@](O)(C(=O)O)C(F)(F)F)c1cccc(F)c1OC. The first-order chi connectivity index (χ1) is 10.1. The van der Waals surface area contributed by atoms with Crippen molar-refractivity contribution in [3.05, 3.63) is 35.7 Å². The molecule has 22 heavy (non-hydrogen) atoms. The number of hydrogen-bond donors (Lipinski definition) is 2. The molecule has 0 aliphatic carbocycles. The van der Waals surface area contributed by atoms with Gasteiger partial charge in [0.2, 0.25) is 0 Å². The maximum absolute atomic E-state index is 13.6. The number of halogens is 4. The Bertz CT molecular complexity index is 595. The zero-order chi connectivity index (χ0) is 17.1. The number of alkyl halides is 3. The third-order valence-electron chi connectivity index (χ3n) is 3.13. The van der Waals surface area contributed by atoms with Gasteiger partial charge in [-0.05, 0) is 18.6 Å². The van der Waals surface area contributed by atoms with Gasteiger partial charge >= 0.3 is 12.1 Å². The molecule has 1 atom stereocenters. The number of carboxylic acids is 1. The monoisotopic (exact) mass is 322 g/mol. The zero-order valence-corrected chi connectivity index (χ0v) is 11.7. The summed E-state index contributed by atoms with van der Waals surface area (Å²) in [5, 5.41) is 18.3. The molecule has 8 heteroatoms. The highest BCUT2D eigenvalue weighted by Gasteiger charge is 2.60. The molecule has 122 valence electrons. The summed E-state index contributed by atoms with van der Waals surface area (Å²) in [6, 6.07) is 3.56. The average Bonchev–Trinajstić information content (AvgIpc) is 2.42. The number of para-hydroxylation sites is 1. The fourth-order valence-electron chi connectivity index (χ4n) is 1.89. The molecule has 1 rings (SSSR count). The maximum Gasteiger partial charge on any atom is 0.428 e. The molecule has 1 aromatic rings. The second kappa shape index (κ2) is 6.35. The van der Waals surface area contributed by atoms with Crippen molar-refractivity contribution in [2.75, 3.05) is 7.11 Å². The summed E-state index contributed by atoms with van der Waals surface area (Å²) in [6.07, 6.45) is -5.51. The van der Waals surface area contributed by atoms with E-state index in [0.717, 1.165) is 19.3 Å². The molecule has 2 N–H and O–H groups in total. The second-order valence-corrected chi connectivity index (χ2v) is 4.47. The van der Waals surface area contributed by atoms with E-state index in [1.54, 1.807) is 0 Å². The van der Waals surface area contributed by atoms with Gasteiger partial charge in [-0.3, -0.25) is 0 Å². The number of hydrogen-bond acceptors (Lipinski definition) is 3. The maximum atomic E-state index is 13.6. The van der Waals surface area contributed by atoms with Crippen molar-refractivity contribution in [2.24, 2.45) is 0 Å². The van der Waals surface area contributed by atoms with Crippen LogP contribution in [0.3, 0.4) is 0 Å². The van der Waals surface area contributed by atoms with E-state index in [1.807, 2.05) is 0 Å². The van der Waals surface area contributed by atoms with Gasteiger partial charge in [-0.25, -0.2) is 9.18 Å². The first-order valence-corrected chi connectivity index (χ1v) is 6.09. The molecule has 0 fully saturated rings. The number of benzene rings is 1. The van der Waals surface area contributed by atoms with E-state index in [9.17, 15) is 27.5 Å². The molecule has 0 aromatic heterocycles. The normalized spacial score (nSPS) is 15.3. The van der Waals surface area contributed by atoms with Crippen LogP contribution in [0.15, 0.2) is 24.3 Å². The first-order valence-electron chi connectivity index (χ1n) is 6.09. The van der Waals surface area contributed by atoms with E-state index >= 15 is 0 Å². The number of allylic oxidation sites excluding steroid dienone is 1. The molecule has 0 amide bonds. The first kappa shape index (κ1) is 18.0. The van der Waals surface area contributed by atoms with E-state index in [2.05, 4.69) is 0 Å². The van der Waals surface area contributed by atoms with Gasteiger partial charge in [-0.15, -0.1) is 0 Å². The van der Waals surface area contributed by atoms with Crippen LogP contribution in [0, 0.1) is 5.82 Å². The molecule has 0 unspecified atom stereocenters. The average molecular weight is 322 g/mol.